The fourth-order valence-corrected chi connectivity index (χ4v) is 2.88. The van der Waals surface area contributed by atoms with Crippen LogP contribution in [0.5, 0.6) is 0 Å². The van der Waals surface area contributed by atoms with E-state index in [1.165, 1.54) is 0 Å². The Morgan fingerprint density at radius 2 is 2.14 bits per heavy atom. The summed E-state index contributed by atoms with van der Waals surface area (Å²) in [6.07, 6.45) is 1.66. The van der Waals surface area contributed by atoms with Gasteiger partial charge in [-0.1, -0.05) is 6.92 Å². The fraction of sp³-hybridized carbons (Fsp3) is 0.714. The lowest BCUT2D eigenvalue weighted by Gasteiger charge is -2.25. The average molecular weight is 295 g/mol. The maximum atomic E-state index is 9.61. The molecule has 1 aliphatic heterocycles. The van der Waals surface area contributed by atoms with Crippen molar-refractivity contribution >= 4 is 11.8 Å². The van der Waals surface area contributed by atoms with Crippen molar-refractivity contribution in [2.75, 3.05) is 56.6 Å². The molecule has 0 spiro atoms. The number of nitrogen functional groups attached to an aromatic ring is 1. The summed E-state index contributed by atoms with van der Waals surface area (Å²) in [7, 11) is 0. The van der Waals surface area contributed by atoms with E-state index in [-0.39, 0.29) is 19.1 Å². The smallest absolute Gasteiger partial charge is 0.227 e. The minimum Gasteiger partial charge on any atom is -0.396 e. The highest BCUT2D eigenvalue weighted by Gasteiger charge is 2.34. The average Bonchev–Trinajstić information content (AvgIpc) is 2.90. The number of aliphatic hydroxyl groups excluding tert-OH is 2. The molecule has 4 N–H and O–H groups in total. The number of anilines is 2. The molecule has 1 aromatic rings. The van der Waals surface area contributed by atoms with E-state index in [2.05, 4.69) is 26.7 Å². The van der Waals surface area contributed by atoms with Crippen LogP contribution in [0.1, 0.15) is 6.92 Å². The number of aromatic nitrogens is 2. The molecule has 1 fully saturated rings. The summed E-state index contributed by atoms with van der Waals surface area (Å²) in [5.74, 6) is 1.62. The Bertz CT molecular complexity index is 445. The van der Waals surface area contributed by atoms with Crippen LogP contribution >= 0.6 is 0 Å². The van der Waals surface area contributed by atoms with Gasteiger partial charge in [-0.3, -0.25) is 0 Å². The topological polar surface area (TPSA) is 98.7 Å². The summed E-state index contributed by atoms with van der Waals surface area (Å²) in [5.41, 5.74) is 5.71. The van der Waals surface area contributed by atoms with Crippen molar-refractivity contribution in [1.82, 2.24) is 14.9 Å². The molecule has 0 bridgehead atoms. The summed E-state index contributed by atoms with van der Waals surface area (Å²) in [4.78, 5) is 12.8. The van der Waals surface area contributed by atoms with Crippen LogP contribution in [0.15, 0.2) is 12.3 Å². The second kappa shape index (κ2) is 7.53. The summed E-state index contributed by atoms with van der Waals surface area (Å²) in [5, 5.41) is 18.7. The van der Waals surface area contributed by atoms with Gasteiger partial charge in [0, 0.05) is 44.9 Å². The Hall–Kier alpha value is -1.44. The van der Waals surface area contributed by atoms with Crippen molar-refractivity contribution in [2.45, 2.75) is 6.92 Å². The minimum absolute atomic E-state index is 0.153. The lowest BCUT2D eigenvalue weighted by Crippen LogP contribution is -2.35. The number of nitrogens with two attached hydrogens (primary N) is 1. The molecule has 0 radical (unpaired) electrons. The van der Waals surface area contributed by atoms with Gasteiger partial charge in [0.1, 0.15) is 5.82 Å². The number of hydrogen-bond donors (Lipinski definition) is 3. The number of likely N-dealkylation sites (N-methyl/N-ethyl adjacent to an activating group) is 1. The van der Waals surface area contributed by atoms with Crippen molar-refractivity contribution in [2.24, 2.45) is 11.8 Å². The molecule has 1 aromatic heterocycles. The normalized spacial score (nSPS) is 22.2. The quantitative estimate of drug-likeness (QED) is 0.619. The summed E-state index contributed by atoms with van der Waals surface area (Å²) in [6, 6.07) is 1.67. The highest BCUT2D eigenvalue weighted by atomic mass is 16.3. The highest BCUT2D eigenvalue weighted by molar-refractivity contribution is 5.39. The molecule has 7 heteroatoms. The van der Waals surface area contributed by atoms with Crippen LogP contribution in [-0.4, -0.2) is 71.0 Å². The molecule has 2 atom stereocenters. The van der Waals surface area contributed by atoms with E-state index in [0.717, 1.165) is 26.2 Å². The SMILES string of the molecule is CCN(CCO)CC1CN(c2nccc(N)n2)CC1CO. The monoisotopic (exact) mass is 295 g/mol. The molecule has 2 rings (SSSR count). The van der Waals surface area contributed by atoms with Crippen molar-refractivity contribution in [3.05, 3.63) is 12.3 Å². The summed E-state index contributed by atoms with van der Waals surface area (Å²) >= 11 is 0. The van der Waals surface area contributed by atoms with Crippen molar-refractivity contribution in [3.63, 3.8) is 0 Å². The minimum atomic E-state index is 0.153. The molecule has 118 valence electrons. The largest absolute Gasteiger partial charge is 0.396 e. The molecular weight excluding hydrogens is 270 g/mol. The lowest BCUT2D eigenvalue weighted by atomic mass is 9.96. The molecule has 0 amide bonds. The molecule has 1 aliphatic rings. The Labute approximate surface area is 125 Å². The molecule has 21 heavy (non-hydrogen) atoms. The third-order valence-electron chi connectivity index (χ3n) is 4.11. The van der Waals surface area contributed by atoms with Gasteiger partial charge < -0.3 is 25.7 Å². The van der Waals surface area contributed by atoms with E-state index < -0.39 is 0 Å². The molecule has 0 aromatic carbocycles. The lowest BCUT2D eigenvalue weighted by molar-refractivity contribution is 0.147. The van der Waals surface area contributed by atoms with Crippen molar-refractivity contribution in [1.29, 1.82) is 0 Å². The van der Waals surface area contributed by atoms with E-state index in [0.29, 0.717) is 24.2 Å². The van der Waals surface area contributed by atoms with Crippen molar-refractivity contribution < 1.29 is 10.2 Å². The van der Waals surface area contributed by atoms with Crippen LogP contribution in [0, 0.1) is 11.8 Å². The van der Waals surface area contributed by atoms with Gasteiger partial charge >= 0.3 is 0 Å². The summed E-state index contributed by atoms with van der Waals surface area (Å²) in [6.45, 7) is 6.35. The molecule has 7 nitrogen and oxygen atoms in total. The third kappa shape index (κ3) is 4.03. The van der Waals surface area contributed by atoms with E-state index in [1.54, 1.807) is 12.3 Å². The van der Waals surface area contributed by atoms with E-state index in [9.17, 15) is 5.11 Å². The molecule has 1 saturated heterocycles. The van der Waals surface area contributed by atoms with E-state index in [1.807, 2.05) is 0 Å². The predicted molar refractivity (Wildman–Crippen MR) is 81.9 cm³/mol. The first kappa shape index (κ1) is 15.9. The van der Waals surface area contributed by atoms with Crippen molar-refractivity contribution in [3.8, 4) is 0 Å². The number of hydrogen-bond acceptors (Lipinski definition) is 7. The van der Waals surface area contributed by atoms with Gasteiger partial charge in [0.05, 0.1) is 6.61 Å². The van der Waals surface area contributed by atoms with E-state index >= 15 is 0 Å². The second-order valence-electron chi connectivity index (χ2n) is 5.51. The molecular formula is C14H25N5O2. The zero-order chi connectivity index (χ0) is 15.2. The second-order valence-corrected chi connectivity index (χ2v) is 5.51. The maximum absolute atomic E-state index is 9.61. The third-order valence-corrected chi connectivity index (χ3v) is 4.11. The van der Waals surface area contributed by atoms with Gasteiger partial charge in [-0.2, -0.15) is 4.98 Å². The van der Waals surface area contributed by atoms with E-state index in [4.69, 9.17) is 10.8 Å². The van der Waals surface area contributed by atoms with Gasteiger partial charge in [-0.05, 0) is 18.5 Å². The number of nitrogens with zero attached hydrogens (tertiary/aromatic N) is 4. The van der Waals surface area contributed by atoms with Gasteiger partial charge in [-0.15, -0.1) is 0 Å². The Balaban J connectivity index is 2.03. The first-order valence-corrected chi connectivity index (χ1v) is 7.45. The molecule has 0 aliphatic carbocycles. The van der Waals surface area contributed by atoms with Crippen LogP contribution < -0.4 is 10.6 Å². The van der Waals surface area contributed by atoms with Crippen LogP contribution in [0.3, 0.4) is 0 Å². The van der Waals surface area contributed by atoms with Gasteiger partial charge in [0.2, 0.25) is 5.95 Å². The zero-order valence-corrected chi connectivity index (χ0v) is 12.5. The first-order valence-electron chi connectivity index (χ1n) is 7.45. The standard InChI is InChI=1S/C14H25N5O2/c1-2-18(5-6-20)7-11-8-19(9-12(11)10-21)14-16-4-3-13(15)17-14/h3-4,11-12,20-21H,2,5-10H2,1H3,(H2,15,16,17). The number of aliphatic hydroxyl groups is 2. The fourth-order valence-electron chi connectivity index (χ4n) is 2.88. The number of rotatable bonds is 7. The van der Waals surface area contributed by atoms with Crippen LogP contribution in [0.25, 0.3) is 0 Å². The maximum Gasteiger partial charge on any atom is 0.227 e. The molecule has 2 heterocycles. The highest BCUT2D eigenvalue weighted by Crippen LogP contribution is 2.27. The first-order chi connectivity index (χ1) is 10.2. The Kier molecular flexibility index (Phi) is 5.72. The molecule has 0 saturated carbocycles. The Morgan fingerprint density at radius 3 is 2.76 bits per heavy atom. The van der Waals surface area contributed by atoms with Crippen LogP contribution in [0.2, 0.25) is 0 Å². The Morgan fingerprint density at radius 1 is 1.38 bits per heavy atom. The van der Waals surface area contributed by atoms with Gasteiger partial charge in [0.15, 0.2) is 0 Å². The van der Waals surface area contributed by atoms with Gasteiger partial charge in [-0.25, -0.2) is 4.98 Å². The van der Waals surface area contributed by atoms with Crippen LogP contribution in [-0.2, 0) is 0 Å². The zero-order valence-electron chi connectivity index (χ0n) is 12.5. The van der Waals surface area contributed by atoms with Gasteiger partial charge in [0.25, 0.3) is 0 Å². The summed E-state index contributed by atoms with van der Waals surface area (Å²) < 4.78 is 0. The predicted octanol–water partition coefficient (Wildman–Crippen LogP) is -0.582. The van der Waals surface area contributed by atoms with Crippen LogP contribution in [0.4, 0.5) is 11.8 Å². The molecule has 2 unspecified atom stereocenters.